The van der Waals surface area contributed by atoms with Crippen LogP contribution in [0.15, 0.2) is 4.79 Å². The van der Waals surface area contributed by atoms with Crippen LogP contribution < -0.4 is 5.56 Å². The van der Waals surface area contributed by atoms with E-state index in [-0.39, 0.29) is 5.56 Å². The number of aromatic nitrogens is 2. The Hall–Kier alpha value is -0.970. The molecule has 0 amide bonds. The summed E-state index contributed by atoms with van der Waals surface area (Å²) < 4.78 is 11.3. The highest BCUT2D eigenvalue weighted by molar-refractivity contribution is 7.84. The lowest BCUT2D eigenvalue weighted by Gasteiger charge is -2.14. The van der Waals surface area contributed by atoms with Crippen molar-refractivity contribution in [3.63, 3.8) is 0 Å². The van der Waals surface area contributed by atoms with Gasteiger partial charge in [-0.1, -0.05) is 0 Å². The smallest absolute Gasteiger partial charge is 0.267 e. The summed E-state index contributed by atoms with van der Waals surface area (Å²) >= 11 is 0. The van der Waals surface area contributed by atoms with E-state index < -0.39 is 10.8 Å². The fourth-order valence-corrected chi connectivity index (χ4v) is 2.81. The van der Waals surface area contributed by atoms with Crippen LogP contribution in [-0.4, -0.2) is 20.2 Å². The van der Waals surface area contributed by atoms with E-state index in [4.69, 9.17) is 0 Å². The molecule has 1 N–H and O–H groups in total. The van der Waals surface area contributed by atoms with Gasteiger partial charge in [0, 0.05) is 22.1 Å². The van der Waals surface area contributed by atoms with Crippen LogP contribution in [0.25, 0.3) is 0 Å². The Labute approximate surface area is 77.8 Å². The topological polar surface area (TPSA) is 62.8 Å². The quantitative estimate of drug-likeness (QED) is 0.632. The van der Waals surface area contributed by atoms with E-state index in [9.17, 15) is 9.00 Å². The van der Waals surface area contributed by atoms with E-state index in [1.807, 2.05) is 6.92 Å². The summed E-state index contributed by atoms with van der Waals surface area (Å²) in [5.41, 5.74) is 2.32. The number of nitrogens with one attached hydrogen (secondary N) is 1. The van der Waals surface area contributed by atoms with Crippen LogP contribution in [0.3, 0.4) is 0 Å². The maximum Gasteiger partial charge on any atom is 0.267 e. The zero-order valence-electron chi connectivity index (χ0n) is 7.29. The summed E-state index contributed by atoms with van der Waals surface area (Å²) in [7, 11) is -0.813. The van der Waals surface area contributed by atoms with Gasteiger partial charge >= 0.3 is 0 Å². The SMILES string of the molecule is Cc1n[nH]c(=O)c2c1CS(=O)CC2. The van der Waals surface area contributed by atoms with Crippen molar-refractivity contribution in [2.24, 2.45) is 0 Å². The van der Waals surface area contributed by atoms with Crippen LogP contribution in [0.2, 0.25) is 0 Å². The normalized spacial score (nSPS) is 21.2. The Balaban J connectivity index is 2.63. The lowest BCUT2D eigenvalue weighted by Crippen LogP contribution is -2.25. The van der Waals surface area contributed by atoms with Crippen molar-refractivity contribution in [3.05, 3.63) is 27.2 Å². The number of nitrogens with zero attached hydrogens (tertiary/aromatic N) is 1. The summed E-state index contributed by atoms with van der Waals surface area (Å²) in [5.74, 6) is 1.08. The highest BCUT2D eigenvalue weighted by Gasteiger charge is 2.19. The maximum absolute atomic E-state index is 11.3. The molecule has 1 aromatic rings. The third-order valence-corrected chi connectivity index (χ3v) is 3.56. The van der Waals surface area contributed by atoms with Crippen molar-refractivity contribution in [3.8, 4) is 0 Å². The van der Waals surface area contributed by atoms with Gasteiger partial charge in [0.25, 0.3) is 5.56 Å². The van der Waals surface area contributed by atoms with Gasteiger partial charge in [-0.25, -0.2) is 5.10 Å². The van der Waals surface area contributed by atoms with Gasteiger partial charge in [0.1, 0.15) is 0 Å². The number of fused-ring (bicyclic) bond motifs is 1. The van der Waals surface area contributed by atoms with Gasteiger partial charge in [0.2, 0.25) is 0 Å². The van der Waals surface area contributed by atoms with Gasteiger partial charge in [-0.05, 0) is 18.9 Å². The maximum atomic E-state index is 11.3. The van der Waals surface area contributed by atoms with Gasteiger partial charge in [0.05, 0.1) is 11.4 Å². The molecular weight excluding hydrogens is 188 g/mol. The molecule has 2 rings (SSSR count). The number of hydrogen-bond donors (Lipinski definition) is 1. The first-order chi connectivity index (χ1) is 6.18. The number of aryl methyl sites for hydroxylation is 1. The standard InChI is InChI=1S/C8H10N2O2S/c1-5-7-4-13(12)3-2-6(7)8(11)10-9-5/h2-4H2,1H3,(H,10,11). The molecule has 0 bridgehead atoms. The molecule has 1 unspecified atom stereocenters. The molecule has 4 nitrogen and oxygen atoms in total. The van der Waals surface area contributed by atoms with E-state index in [0.29, 0.717) is 17.9 Å². The van der Waals surface area contributed by atoms with Crippen LogP contribution >= 0.6 is 0 Å². The Kier molecular flexibility index (Phi) is 2.03. The average Bonchev–Trinajstić information content (AvgIpc) is 2.12. The van der Waals surface area contributed by atoms with Gasteiger partial charge < -0.3 is 0 Å². The largest absolute Gasteiger partial charge is 0.268 e. The van der Waals surface area contributed by atoms with Crippen LogP contribution in [0.5, 0.6) is 0 Å². The van der Waals surface area contributed by atoms with Gasteiger partial charge in [-0.15, -0.1) is 0 Å². The van der Waals surface area contributed by atoms with Crippen molar-refractivity contribution in [1.29, 1.82) is 0 Å². The first-order valence-corrected chi connectivity index (χ1v) is 5.59. The fraction of sp³-hybridized carbons (Fsp3) is 0.500. The second-order valence-corrected chi connectivity index (χ2v) is 4.71. The second-order valence-electron chi connectivity index (χ2n) is 3.13. The predicted molar refractivity (Wildman–Crippen MR) is 50.0 cm³/mol. The lowest BCUT2D eigenvalue weighted by atomic mass is 10.1. The van der Waals surface area contributed by atoms with Gasteiger partial charge in [-0.3, -0.25) is 9.00 Å². The molecule has 70 valence electrons. The van der Waals surface area contributed by atoms with Crippen molar-refractivity contribution < 1.29 is 4.21 Å². The molecule has 0 aromatic carbocycles. The van der Waals surface area contributed by atoms with Crippen LogP contribution in [0, 0.1) is 6.92 Å². The highest BCUT2D eigenvalue weighted by atomic mass is 32.2. The Morgan fingerprint density at radius 1 is 1.46 bits per heavy atom. The molecule has 13 heavy (non-hydrogen) atoms. The molecule has 0 saturated heterocycles. The van der Waals surface area contributed by atoms with Gasteiger partial charge in [0.15, 0.2) is 0 Å². The molecule has 1 atom stereocenters. The van der Waals surface area contributed by atoms with E-state index in [2.05, 4.69) is 10.2 Å². The van der Waals surface area contributed by atoms with Crippen molar-refractivity contribution in [2.75, 3.05) is 5.75 Å². The van der Waals surface area contributed by atoms with E-state index in [1.54, 1.807) is 0 Å². The monoisotopic (exact) mass is 198 g/mol. The number of hydrogen-bond acceptors (Lipinski definition) is 3. The van der Waals surface area contributed by atoms with Crippen molar-refractivity contribution >= 4 is 10.8 Å². The summed E-state index contributed by atoms with van der Waals surface area (Å²) in [6.45, 7) is 1.83. The molecule has 0 aliphatic carbocycles. The highest BCUT2D eigenvalue weighted by Crippen LogP contribution is 2.16. The van der Waals surface area contributed by atoms with E-state index in [1.165, 1.54) is 0 Å². The molecule has 1 aliphatic heterocycles. The molecule has 0 radical (unpaired) electrons. The fourth-order valence-electron chi connectivity index (χ4n) is 1.53. The molecule has 0 saturated carbocycles. The van der Waals surface area contributed by atoms with Crippen LogP contribution in [0.4, 0.5) is 0 Å². The third kappa shape index (κ3) is 1.44. The predicted octanol–water partition coefficient (Wildman–Crippen LogP) is -0.117. The Bertz CT molecular complexity index is 425. The minimum Gasteiger partial charge on any atom is -0.268 e. The van der Waals surface area contributed by atoms with E-state index >= 15 is 0 Å². The van der Waals surface area contributed by atoms with Gasteiger partial charge in [-0.2, -0.15) is 5.10 Å². The van der Waals surface area contributed by atoms with Crippen molar-refractivity contribution in [1.82, 2.24) is 10.2 Å². The lowest BCUT2D eigenvalue weighted by molar-refractivity contribution is 0.678. The van der Waals surface area contributed by atoms with Crippen molar-refractivity contribution in [2.45, 2.75) is 19.1 Å². The number of rotatable bonds is 0. The van der Waals surface area contributed by atoms with E-state index in [0.717, 1.165) is 16.8 Å². The summed E-state index contributed by atoms with van der Waals surface area (Å²) in [5, 5.41) is 6.29. The minimum atomic E-state index is -0.813. The molecule has 1 aliphatic rings. The third-order valence-electron chi connectivity index (χ3n) is 2.29. The Morgan fingerprint density at radius 3 is 3.00 bits per heavy atom. The zero-order valence-corrected chi connectivity index (χ0v) is 8.11. The summed E-state index contributed by atoms with van der Waals surface area (Å²) in [6, 6.07) is 0. The first-order valence-electron chi connectivity index (χ1n) is 4.10. The van der Waals surface area contributed by atoms with Crippen LogP contribution in [-0.2, 0) is 23.0 Å². The minimum absolute atomic E-state index is 0.127. The molecule has 1 aromatic heterocycles. The number of H-pyrrole nitrogens is 1. The van der Waals surface area contributed by atoms with Crippen LogP contribution in [0.1, 0.15) is 16.8 Å². The Morgan fingerprint density at radius 2 is 2.23 bits per heavy atom. The average molecular weight is 198 g/mol. The molecular formula is C8H10N2O2S. The second kappa shape index (κ2) is 3.06. The summed E-state index contributed by atoms with van der Waals surface area (Å²) in [4.78, 5) is 11.3. The molecule has 0 fully saturated rings. The zero-order chi connectivity index (χ0) is 9.42. The molecule has 5 heteroatoms. The molecule has 0 spiro atoms. The summed E-state index contributed by atoms with van der Waals surface area (Å²) in [6.07, 6.45) is 0.612. The molecule has 2 heterocycles. The first kappa shape index (κ1) is 8.62. The number of aromatic amines is 1.